The summed E-state index contributed by atoms with van der Waals surface area (Å²) < 4.78 is 26.8. The van der Waals surface area contributed by atoms with Crippen LogP contribution in [-0.2, 0) is 17.6 Å². The Bertz CT molecular complexity index is 575. The Morgan fingerprint density at radius 2 is 2.05 bits per heavy atom. The summed E-state index contributed by atoms with van der Waals surface area (Å²) in [5.41, 5.74) is 1.76. The predicted octanol–water partition coefficient (Wildman–Crippen LogP) is -1.05. The maximum absolute atomic E-state index is 11.0. The average molecular weight is 290 g/mol. The molecule has 2 aromatic rings. The summed E-state index contributed by atoms with van der Waals surface area (Å²) in [5, 5.41) is 4.29. The average Bonchev–Trinajstić information content (AvgIpc) is 2.71. The Balaban J connectivity index is 0.00000180. The first-order valence-electron chi connectivity index (χ1n) is 5.38. The van der Waals surface area contributed by atoms with E-state index < -0.39 is 11.1 Å². The van der Waals surface area contributed by atoms with Crippen LogP contribution in [0.1, 0.15) is 12.6 Å². The van der Waals surface area contributed by atoms with Crippen LogP contribution >= 0.6 is 0 Å². The van der Waals surface area contributed by atoms with Crippen LogP contribution in [0.3, 0.4) is 0 Å². The molecule has 19 heavy (non-hydrogen) atoms. The molecule has 1 atom stereocenters. The van der Waals surface area contributed by atoms with Gasteiger partial charge in [0.25, 0.3) is 0 Å². The molecule has 1 unspecified atom stereocenters. The molecule has 98 valence electrons. The minimum absolute atomic E-state index is 0. The molecule has 0 bridgehead atoms. The number of rotatable bonds is 4. The van der Waals surface area contributed by atoms with Gasteiger partial charge in [0.1, 0.15) is 5.75 Å². The van der Waals surface area contributed by atoms with Crippen molar-refractivity contribution in [3.8, 4) is 5.75 Å². The van der Waals surface area contributed by atoms with Gasteiger partial charge < -0.3 is 10.7 Å². The fraction of sp³-hybridized carbons (Fsp3) is 0.250. The van der Waals surface area contributed by atoms with E-state index in [1.165, 1.54) is 0 Å². The fourth-order valence-electron chi connectivity index (χ4n) is 1.67. The van der Waals surface area contributed by atoms with Crippen molar-refractivity contribution in [2.75, 3.05) is 7.11 Å². The standard InChI is InChI=1S/C12H14N2O3S.Na.H/c1-9-7-14(13-12(9)18(15)16)8-10-3-5-11(17-2)6-4-10;;/h3-7H,8H2,1-2H3,(H,15,16);;/q;+1;-1. The van der Waals surface area contributed by atoms with E-state index in [0.29, 0.717) is 12.1 Å². The number of aryl methyl sites for hydroxylation is 1. The zero-order valence-electron chi connectivity index (χ0n) is 12.2. The second kappa shape index (κ2) is 7.21. The number of hydrogen-bond donors (Lipinski definition) is 1. The predicted molar refractivity (Wildman–Crippen MR) is 69.2 cm³/mol. The summed E-state index contributed by atoms with van der Waals surface area (Å²) in [5.74, 6) is 0.799. The van der Waals surface area contributed by atoms with Gasteiger partial charge in [-0.15, -0.1) is 0 Å². The van der Waals surface area contributed by atoms with Crippen LogP contribution < -0.4 is 34.3 Å². The topological polar surface area (TPSA) is 64.3 Å². The van der Waals surface area contributed by atoms with Crippen LogP contribution in [-0.4, -0.2) is 25.7 Å². The number of hydrogen-bond acceptors (Lipinski definition) is 3. The summed E-state index contributed by atoms with van der Waals surface area (Å²) >= 11 is -2.03. The fourth-order valence-corrected chi connectivity index (χ4v) is 2.18. The van der Waals surface area contributed by atoms with Gasteiger partial charge in [-0.3, -0.25) is 4.68 Å². The summed E-state index contributed by atoms with van der Waals surface area (Å²) in [4.78, 5) is 0. The van der Waals surface area contributed by atoms with Crippen LogP contribution in [0.25, 0.3) is 0 Å². The van der Waals surface area contributed by atoms with Gasteiger partial charge in [0.05, 0.1) is 13.7 Å². The zero-order chi connectivity index (χ0) is 13.1. The van der Waals surface area contributed by atoms with Crippen molar-refractivity contribution < 1.29 is 44.5 Å². The number of methoxy groups -OCH3 is 1. The quantitative estimate of drug-likeness (QED) is 0.576. The summed E-state index contributed by atoms with van der Waals surface area (Å²) in [7, 11) is 1.62. The first-order valence-corrected chi connectivity index (χ1v) is 6.48. The van der Waals surface area contributed by atoms with E-state index in [2.05, 4.69) is 5.10 Å². The molecule has 0 radical (unpaired) electrons. The van der Waals surface area contributed by atoms with Crippen molar-refractivity contribution >= 4 is 11.1 Å². The molecule has 0 saturated carbocycles. The van der Waals surface area contributed by atoms with Crippen LogP contribution in [0.2, 0.25) is 0 Å². The Labute approximate surface area is 138 Å². The van der Waals surface area contributed by atoms with Gasteiger partial charge in [-0.2, -0.15) is 5.10 Å². The van der Waals surface area contributed by atoms with Crippen LogP contribution in [0, 0.1) is 6.92 Å². The molecule has 7 heteroatoms. The number of ether oxygens (including phenoxy) is 1. The largest absolute Gasteiger partial charge is 1.00 e. The third-order valence-corrected chi connectivity index (χ3v) is 3.30. The van der Waals surface area contributed by atoms with Crippen molar-refractivity contribution in [2.24, 2.45) is 0 Å². The smallest absolute Gasteiger partial charge is 1.00 e. The minimum atomic E-state index is -2.03. The molecule has 0 amide bonds. The van der Waals surface area contributed by atoms with Crippen molar-refractivity contribution in [3.63, 3.8) is 0 Å². The maximum atomic E-state index is 11.0. The molecule has 0 fully saturated rings. The Morgan fingerprint density at radius 3 is 2.53 bits per heavy atom. The molecule has 0 aliphatic carbocycles. The van der Waals surface area contributed by atoms with Crippen molar-refractivity contribution in [1.82, 2.24) is 9.78 Å². The Hall–Kier alpha value is -0.660. The van der Waals surface area contributed by atoms with Gasteiger partial charge >= 0.3 is 29.6 Å². The third-order valence-electron chi connectivity index (χ3n) is 2.57. The van der Waals surface area contributed by atoms with Gasteiger partial charge in [0, 0.05) is 11.8 Å². The van der Waals surface area contributed by atoms with Gasteiger partial charge in [-0.25, -0.2) is 4.21 Å². The molecular formula is C12H15N2NaO3S. The Kier molecular flexibility index (Phi) is 6.22. The molecule has 0 spiro atoms. The number of benzene rings is 1. The number of aromatic nitrogens is 2. The first kappa shape index (κ1) is 16.4. The van der Waals surface area contributed by atoms with E-state index in [4.69, 9.17) is 9.29 Å². The maximum Gasteiger partial charge on any atom is 1.00 e. The minimum Gasteiger partial charge on any atom is -1.00 e. The molecule has 0 saturated heterocycles. The first-order chi connectivity index (χ1) is 8.60. The van der Waals surface area contributed by atoms with Gasteiger partial charge in [0.15, 0.2) is 5.03 Å². The molecule has 1 aromatic carbocycles. The van der Waals surface area contributed by atoms with Crippen molar-refractivity contribution in [1.29, 1.82) is 0 Å². The van der Waals surface area contributed by atoms with E-state index in [0.717, 1.165) is 11.3 Å². The molecule has 0 aliphatic rings. The van der Waals surface area contributed by atoms with Crippen molar-refractivity contribution in [2.45, 2.75) is 18.5 Å². The zero-order valence-corrected chi connectivity index (χ0v) is 14.0. The van der Waals surface area contributed by atoms with E-state index in [9.17, 15) is 4.21 Å². The van der Waals surface area contributed by atoms with Crippen molar-refractivity contribution in [3.05, 3.63) is 41.6 Å². The summed E-state index contributed by atoms with van der Waals surface area (Å²) in [6, 6.07) is 7.62. The third kappa shape index (κ3) is 4.15. The molecular weight excluding hydrogens is 275 g/mol. The molecule has 1 aromatic heterocycles. The summed E-state index contributed by atoms with van der Waals surface area (Å²) in [6.45, 7) is 2.32. The number of nitrogens with zero attached hydrogens (tertiary/aromatic N) is 2. The molecule has 1 heterocycles. The van der Waals surface area contributed by atoms with E-state index in [-0.39, 0.29) is 36.0 Å². The SMILES string of the molecule is COc1ccc(Cn2cc(C)c(S(=O)O)n2)cc1.[H-].[Na+]. The monoisotopic (exact) mass is 290 g/mol. The molecule has 1 N–H and O–H groups in total. The molecule has 0 aliphatic heterocycles. The second-order valence-electron chi connectivity index (χ2n) is 3.91. The van der Waals surface area contributed by atoms with Crippen LogP contribution in [0.15, 0.2) is 35.5 Å². The van der Waals surface area contributed by atoms with Gasteiger partial charge in [0.2, 0.25) is 11.1 Å². The van der Waals surface area contributed by atoms with E-state index in [1.54, 1.807) is 24.9 Å². The molecule has 5 nitrogen and oxygen atoms in total. The van der Waals surface area contributed by atoms with Crippen LogP contribution in [0.4, 0.5) is 0 Å². The Morgan fingerprint density at radius 1 is 1.42 bits per heavy atom. The van der Waals surface area contributed by atoms with E-state index >= 15 is 0 Å². The second-order valence-corrected chi connectivity index (χ2v) is 4.80. The van der Waals surface area contributed by atoms with Gasteiger partial charge in [-0.05, 0) is 24.6 Å². The normalized spacial score (nSPS) is 11.7. The molecule has 2 rings (SSSR count). The van der Waals surface area contributed by atoms with E-state index in [1.807, 2.05) is 24.3 Å². The summed E-state index contributed by atoms with van der Waals surface area (Å²) in [6.07, 6.45) is 1.76. The van der Waals surface area contributed by atoms with Crippen LogP contribution in [0.5, 0.6) is 5.75 Å². The van der Waals surface area contributed by atoms with Gasteiger partial charge in [-0.1, -0.05) is 12.1 Å².